The number of methoxy groups -OCH3 is 1. The van der Waals surface area contributed by atoms with Gasteiger partial charge in [-0.15, -0.1) is 0 Å². The number of rotatable bonds is 6. The summed E-state index contributed by atoms with van der Waals surface area (Å²) in [4.78, 5) is 15.8. The summed E-state index contributed by atoms with van der Waals surface area (Å²) in [6.07, 6.45) is 2.82. The average Bonchev–Trinajstić information content (AvgIpc) is 2.69. The van der Waals surface area contributed by atoms with Crippen molar-refractivity contribution in [1.29, 1.82) is 0 Å². The summed E-state index contributed by atoms with van der Waals surface area (Å²) in [6.45, 7) is 0.177. The lowest BCUT2D eigenvalue weighted by atomic mass is 10.2. The number of carbonyl (C=O) groups is 1. The first-order valence-electron chi connectivity index (χ1n) is 8.07. The fourth-order valence-corrected chi connectivity index (χ4v) is 2.26. The molecule has 1 heterocycles. The third-order valence-corrected chi connectivity index (χ3v) is 3.60. The molecule has 0 atom stereocenters. The molecular weight excluding hydrogens is 330 g/mol. The minimum atomic E-state index is -0.510. The van der Waals surface area contributed by atoms with Gasteiger partial charge < -0.3 is 14.8 Å². The average molecular weight is 349 g/mol. The summed E-state index contributed by atoms with van der Waals surface area (Å²) in [7, 11) is 1.63. The molecule has 2 N–H and O–H groups in total. The molecule has 1 amide bonds. The highest BCUT2D eigenvalue weighted by molar-refractivity contribution is 5.85. The van der Waals surface area contributed by atoms with Gasteiger partial charge in [0.1, 0.15) is 12.4 Å². The summed E-state index contributed by atoms with van der Waals surface area (Å²) in [5, 5.41) is 5.97. The molecule has 0 radical (unpaired) electrons. The molecule has 0 spiro atoms. The largest absolute Gasteiger partial charge is 0.497 e. The lowest BCUT2D eigenvalue weighted by Gasteiger charge is -2.10. The molecule has 0 bridgehead atoms. The third kappa shape index (κ3) is 4.98. The number of benzene rings is 2. The molecule has 6 heteroatoms. The molecule has 26 heavy (non-hydrogen) atoms. The van der Waals surface area contributed by atoms with Crippen molar-refractivity contribution in [2.24, 2.45) is 0 Å². The molecule has 2 aromatic carbocycles. The Morgan fingerprint density at radius 3 is 2.23 bits per heavy atom. The van der Waals surface area contributed by atoms with E-state index in [1.54, 1.807) is 37.7 Å². The topological polar surface area (TPSA) is 72.5 Å². The van der Waals surface area contributed by atoms with E-state index in [9.17, 15) is 4.79 Å². The van der Waals surface area contributed by atoms with Crippen molar-refractivity contribution in [1.82, 2.24) is 4.98 Å². The predicted molar refractivity (Wildman–Crippen MR) is 101 cm³/mol. The van der Waals surface area contributed by atoms with Crippen LogP contribution in [-0.4, -0.2) is 18.2 Å². The Hall–Kier alpha value is -3.54. The van der Waals surface area contributed by atoms with E-state index in [4.69, 9.17) is 9.47 Å². The molecular formula is C20H19N3O3. The number of pyridine rings is 1. The Morgan fingerprint density at radius 2 is 1.62 bits per heavy atom. The summed E-state index contributed by atoms with van der Waals surface area (Å²) in [6, 6.07) is 18.6. The van der Waals surface area contributed by atoms with Crippen molar-refractivity contribution in [2.75, 3.05) is 17.7 Å². The predicted octanol–water partition coefficient (Wildman–Crippen LogP) is 4.58. The Kier molecular flexibility index (Phi) is 5.67. The molecule has 0 unspecified atom stereocenters. The molecule has 0 saturated heterocycles. The summed E-state index contributed by atoms with van der Waals surface area (Å²) >= 11 is 0. The van der Waals surface area contributed by atoms with Crippen LogP contribution in [0.25, 0.3) is 0 Å². The molecule has 0 saturated carbocycles. The Morgan fingerprint density at radius 1 is 0.962 bits per heavy atom. The smallest absolute Gasteiger partial charge is 0.411 e. The first kappa shape index (κ1) is 17.3. The van der Waals surface area contributed by atoms with Crippen LogP contribution in [0.3, 0.4) is 0 Å². The van der Waals surface area contributed by atoms with Crippen molar-refractivity contribution in [3.05, 3.63) is 78.6 Å². The number of hydrogen-bond donors (Lipinski definition) is 2. The Labute approximate surface area is 151 Å². The molecule has 6 nitrogen and oxygen atoms in total. The minimum Gasteiger partial charge on any atom is -0.497 e. The monoisotopic (exact) mass is 349 g/mol. The number of amides is 1. The van der Waals surface area contributed by atoms with Gasteiger partial charge in [0.25, 0.3) is 0 Å². The van der Waals surface area contributed by atoms with Gasteiger partial charge >= 0.3 is 6.09 Å². The van der Waals surface area contributed by atoms with Gasteiger partial charge in [-0.25, -0.2) is 4.79 Å². The van der Waals surface area contributed by atoms with Gasteiger partial charge in [0.2, 0.25) is 0 Å². The van der Waals surface area contributed by atoms with Gasteiger partial charge in [0.15, 0.2) is 0 Å². The van der Waals surface area contributed by atoms with E-state index in [1.165, 1.54) is 0 Å². The second kappa shape index (κ2) is 8.53. The highest BCUT2D eigenvalue weighted by atomic mass is 16.5. The van der Waals surface area contributed by atoms with Crippen LogP contribution in [0, 0.1) is 0 Å². The zero-order valence-corrected chi connectivity index (χ0v) is 14.3. The molecule has 3 aromatic rings. The zero-order chi connectivity index (χ0) is 18.2. The van der Waals surface area contributed by atoms with Crippen LogP contribution in [0.5, 0.6) is 5.75 Å². The van der Waals surface area contributed by atoms with Crippen molar-refractivity contribution < 1.29 is 14.3 Å². The molecule has 1 aromatic heterocycles. The van der Waals surface area contributed by atoms with Crippen LogP contribution in [-0.2, 0) is 11.3 Å². The Bertz CT molecular complexity index is 834. The van der Waals surface area contributed by atoms with Crippen molar-refractivity contribution >= 4 is 23.2 Å². The van der Waals surface area contributed by atoms with Crippen LogP contribution in [0.2, 0.25) is 0 Å². The Balaban J connectivity index is 1.51. The van der Waals surface area contributed by atoms with Gasteiger partial charge in [0.05, 0.1) is 7.11 Å². The number of carbonyl (C=O) groups excluding carboxylic acids is 1. The second-order valence-corrected chi connectivity index (χ2v) is 5.49. The molecule has 3 rings (SSSR count). The maximum atomic E-state index is 11.8. The normalized spacial score (nSPS) is 10.0. The van der Waals surface area contributed by atoms with Gasteiger partial charge in [-0.1, -0.05) is 6.07 Å². The lowest BCUT2D eigenvalue weighted by molar-refractivity contribution is 0.155. The number of hydrogen-bond acceptors (Lipinski definition) is 5. The van der Waals surface area contributed by atoms with Crippen LogP contribution in [0.1, 0.15) is 5.56 Å². The molecule has 0 aliphatic rings. The number of nitrogens with one attached hydrogen (secondary N) is 2. The molecule has 0 fully saturated rings. The number of aromatic nitrogens is 1. The first-order valence-corrected chi connectivity index (χ1v) is 8.07. The first-order chi connectivity index (χ1) is 12.7. The minimum absolute atomic E-state index is 0.177. The maximum absolute atomic E-state index is 11.8. The van der Waals surface area contributed by atoms with E-state index in [0.717, 1.165) is 22.7 Å². The van der Waals surface area contributed by atoms with Crippen molar-refractivity contribution in [3.8, 4) is 5.75 Å². The van der Waals surface area contributed by atoms with Gasteiger partial charge in [-0.3, -0.25) is 10.3 Å². The van der Waals surface area contributed by atoms with Crippen LogP contribution < -0.4 is 15.4 Å². The fourth-order valence-electron chi connectivity index (χ4n) is 2.26. The van der Waals surface area contributed by atoms with E-state index in [0.29, 0.717) is 5.69 Å². The maximum Gasteiger partial charge on any atom is 0.411 e. The van der Waals surface area contributed by atoms with E-state index in [-0.39, 0.29) is 6.61 Å². The van der Waals surface area contributed by atoms with Gasteiger partial charge in [-0.2, -0.15) is 0 Å². The van der Waals surface area contributed by atoms with E-state index < -0.39 is 6.09 Å². The molecule has 132 valence electrons. The summed E-state index contributed by atoms with van der Waals surface area (Å²) in [5.74, 6) is 0.805. The fraction of sp³-hybridized carbons (Fsp3) is 0.100. The highest BCUT2D eigenvalue weighted by Gasteiger charge is 2.04. The summed E-state index contributed by atoms with van der Waals surface area (Å²) in [5.41, 5.74) is 3.34. The van der Waals surface area contributed by atoms with Crippen LogP contribution in [0.4, 0.5) is 21.9 Å². The van der Waals surface area contributed by atoms with E-state index in [1.807, 2.05) is 42.5 Å². The quantitative estimate of drug-likeness (QED) is 0.681. The lowest BCUT2D eigenvalue weighted by Crippen LogP contribution is -2.13. The van der Waals surface area contributed by atoms with Gasteiger partial charge in [-0.05, 0) is 54.6 Å². The van der Waals surface area contributed by atoms with Crippen molar-refractivity contribution in [3.63, 3.8) is 0 Å². The SMILES string of the molecule is COc1ccc(Nc2ccc(NC(=O)OCc3cccnc3)cc2)cc1. The molecule has 0 aliphatic carbocycles. The van der Waals surface area contributed by atoms with Crippen LogP contribution >= 0.6 is 0 Å². The number of nitrogens with zero attached hydrogens (tertiary/aromatic N) is 1. The highest BCUT2D eigenvalue weighted by Crippen LogP contribution is 2.21. The zero-order valence-electron chi connectivity index (χ0n) is 14.3. The van der Waals surface area contributed by atoms with E-state index >= 15 is 0 Å². The number of anilines is 3. The standard InChI is InChI=1S/C20H19N3O3/c1-25-19-10-8-17(9-11-19)22-16-4-6-18(7-5-16)23-20(24)26-14-15-3-2-12-21-13-15/h2-13,22H,14H2,1H3,(H,23,24). The van der Waals surface area contributed by atoms with Gasteiger partial charge in [0, 0.05) is 35.0 Å². The van der Waals surface area contributed by atoms with E-state index in [2.05, 4.69) is 15.6 Å². The number of ether oxygens (including phenoxy) is 2. The molecule has 0 aliphatic heterocycles. The van der Waals surface area contributed by atoms with Crippen molar-refractivity contribution in [2.45, 2.75) is 6.61 Å². The summed E-state index contributed by atoms with van der Waals surface area (Å²) < 4.78 is 10.3. The second-order valence-electron chi connectivity index (χ2n) is 5.49. The van der Waals surface area contributed by atoms with Crippen LogP contribution in [0.15, 0.2) is 73.1 Å². The third-order valence-electron chi connectivity index (χ3n) is 3.60.